The molecule has 164 valence electrons. The number of benzene rings is 2. The molecule has 0 bridgehead atoms. The number of ether oxygens (including phenoxy) is 2. The van der Waals surface area contributed by atoms with Crippen molar-refractivity contribution in [1.82, 2.24) is 9.88 Å². The molecule has 2 heterocycles. The van der Waals surface area contributed by atoms with Crippen LogP contribution in [0.5, 0.6) is 17.2 Å². The summed E-state index contributed by atoms with van der Waals surface area (Å²) < 4.78 is 11.2. The summed E-state index contributed by atoms with van der Waals surface area (Å²) in [5.74, 6) is 2.72. The maximum atomic E-state index is 6.23. The molecule has 1 saturated heterocycles. The fourth-order valence-corrected chi connectivity index (χ4v) is 3.96. The van der Waals surface area contributed by atoms with Gasteiger partial charge in [0.1, 0.15) is 5.75 Å². The molecule has 0 radical (unpaired) electrons. The van der Waals surface area contributed by atoms with Crippen molar-refractivity contribution in [2.45, 2.75) is 6.54 Å². The topological polar surface area (TPSA) is 76.2 Å². The molecule has 2 aromatic carbocycles. The van der Waals surface area contributed by atoms with E-state index in [4.69, 9.17) is 15.2 Å². The van der Waals surface area contributed by atoms with Crippen molar-refractivity contribution >= 4 is 46.4 Å². The molecular formula is C22H26IN5O2S. The van der Waals surface area contributed by atoms with Gasteiger partial charge in [0.25, 0.3) is 0 Å². The van der Waals surface area contributed by atoms with Crippen molar-refractivity contribution in [3.05, 3.63) is 65.7 Å². The van der Waals surface area contributed by atoms with Crippen molar-refractivity contribution in [2.75, 3.05) is 38.2 Å². The number of piperazine rings is 1. The van der Waals surface area contributed by atoms with Crippen LogP contribution in [0.3, 0.4) is 0 Å². The lowest BCUT2D eigenvalue weighted by Gasteiger charge is -2.35. The van der Waals surface area contributed by atoms with E-state index in [2.05, 4.69) is 19.8 Å². The molecule has 3 aromatic rings. The lowest BCUT2D eigenvalue weighted by molar-refractivity contribution is 0.379. The van der Waals surface area contributed by atoms with E-state index in [9.17, 15) is 0 Å². The van der Waals surface area contributed by atoms with Crippen molar-refractivity contribution in [2.24, 2.45) is 10.7 Å². The third kappa shape index (κ3) is 6.01. The molecule has 0 atom stereocenters. The average Bonchev–Trinajstić information content (AvgIpc) is 3.34. The number of hydrogen-bond donors (Lipinski definition) is 1. The van der Waals surface area contributed by atoms with Gasteiger partial charge in [-0.15, -0.1) is 35.3 Å². The molecule has 7 nitrogen and oxygen atoms in total. The van der Waals surface area contributed by atoms with Crippen molar-refractivity contribution < 1.29 is 9.47 Å². The first-order valence-corrected chi connectivity index (χ1v) is 10.7. The van der Waals surface area contributed by atoms with Crippen LogP contribution >= 0.6 is 35.3 Å². The molecule has 4 rings (SSSR count). The Kier molecular flexibility index (Phi) is 8.35. The highest BCUT2D eigenvalue weighted by atomic mass is 127. The molecule has 0 saturated carbocycles. The van der Waals surface area contributed by atoms with Gasteiger partial charge in [-0.25, -0.2) is 9.98 Å². The second kappa shape index (κ2) is 11.2. The van der Waals surface area contributed by atoms with Crippen molar-refractivity contribution in [3.63, 3.8) is 0 Å². The van der Waals surface area contributed by atoms with Crippen molar-refractivity contribution in [3.8, 4) is 17.2 Å². The summed E-state index contributed by atoms with van der Waals surface area (Å²) in [5, 5.41) is 3.07. The number of para-hydroxylation sites is 2. The Balaban J connectivity index is 0.00000272. The van der Waals surface area contributed by atoms with Gasteiger partial charge < -0.3 is 25.0 Å². The smallest absolute Gasteiger partial charge is 0.191 e. The normalized spacial score (nSPS) is 14.2. The monoisotopic (exact) mass is 551 g/mol. The summed E-state index contributed by atoms with van der Waals surface area (Å²) in [7, 11) is 1.63. The lowest BCUT2D eigenvalue weighted by atomic mass is 10.2. The van der Waals surface area contributed by atoms with Gasteiger partial charge in [0.15, 0.2) is 22.6 Å². The van der Waals surface area contributed by atoms with Gasteiger partial charge >= 0.3 is 0 Å². The van der Waals surface area contributed by atoms with E-state index in [-0.39, 0.29) is 24.0 Å². The number of aliphatic imine (C=N–C) groups is 1. The Morgan fingerprint density at radius 2 is 1.77 bits per heavy atom. The molecule has 0 aliphatic carbocycles. The molecule has 31 heavy (non-hydrogen) atoms. The number of nitrogens with two attached hydrogens (primary N) is 1. The van der Waals surface area contributed by atoms with Crippen LogP contribution in [0, 0.1) is 0 Å². The number of nitrogens with zero attached hydrogens (tertiary/aromatic N) is 4. The largest absolute Gasteiger partial charge is 0.493 e. The minimum atomic E-state index is 0. The van der Waals surface area contributed by atoms with Crippen molar-refractivity contribution in [1.29, 1.82) is 0 Å². The summed E-state index contributed by atoms with van der Waals surface area (Å²) in [4.78, 5) is 13.4. The van der Waals surface area contributed by atoms with Gasteiger partial charge in [0, 0.05) is 37.8 Å². The van der Waals surface area contributed by atoms with Crippen LogP contribution in [0.2, 0.25) is 0 Å². The zero-order valence-electron chi connectivity index (χ0n) is 17.3. The minimum Gasteiger partial charge on any atom is -0.493 e. The maximum Gasteiger partial charge on any atom is 0.191 e. The standard InChI is InChI=1S/C22H25N5O2S.HI/c1-28-19-4-2-3-5-20(19)29-18-8-6-17(7-9-18)16-25-21(23)26-11-13-27(14-12-26)22-24-10-15-30-22;/h2-10,15H,11-14,16H2,1H3,(H2,23,25);1H. The molecule has 1 aliphatic heterocycles. The number of aromatic nitrogens is 1. The fraction of sp³-hybridized carbons (Fsp3) is 0.273. The molecule has 0 spiro atoms. The van der Waals surface area contributed by atoms with E-state index in [1.54, 1.807) is 18.4 Å². The highest BCUT2D eigenvalue weighted by molar-refractivity contribution is 14.0. The van der Waals surface area contributed by atoms with Gasteiger partial charge in [-0.3, -0.25) is 0 Å². The second-order valence-electron chi connectivity index (χ2n) is 6.86. The zero-order valence-corrected chi connectivity index (χ0v) is 20.5. The predicted octanol–water partition coefficient (Wildman–Crippen LogP) is 4.20. The molecule has 1 fully saturated rings. The Labute approximate surface area is 203 Å². The van der Waals surface area contributed by atoms with E-state index in [1.165, 1.54) is 0 Å². The van der Waals surface area contributed by atoms with Gasteiger partial charge in [0.05, 0.1) is 13.7 Å². The Morgan fingerprint density at radius 1 is 1.06 bits per heavy atom. The fourth-order valence-electron chi connectivity index (χ4n) is 3.26. The van der Waals surface area contributed by atoms with Crippen LogP contribution in [0.4, 0.5) is 5.13 Å². The van der Waals surface area contributed by atoms with Crippen LogP contribution in [0.25, 0.3) is 0 Å². The number of guanidine groups is 1. The highest BCUT2D eigenvalue weighted by Crippen LogP contribution is 2.31. The van der Waals surface area contributed by atoms with E-state index < -0.39 is 0 Å². The number of halogens is 1. The Hall–Kier alpha value is -2.53. The van der Waals surface area contributed by atoms with Gasteiger partial charge in [-0.1, -0.05) is 24.3 Å². The number of thiazole rings is 1. The van der Waals surface area contributed by atoms with Gasteiger partial charge in [-0.05, 0) is 29.8 Å². The molecule has 1 aromatic heterocycles. The van der Waals surface area contributed by atoms with E-state index in [1.807, 2.05) is 60.1 Å². The SMILES string of the molecule is COc1ccccc1Oc1ccc(CN=C(N)N2CCN(c3nccs3)CC2)cc1.I. The summed E-state index contributed by atoms with van der Waals surface area (Å²) in [6.45, 7) is 4.03. The van der Waals surface area contributed by atoms with Crippen LogP contribution in [-0.4, -0.2) is 49.1 Å². The summed E-state index contributed by atoms with van der Waals surface area (Å²) in [5.41, 5.74) is 7.31. The van der Waals surface area contributed by atoms with Crippen LogP contribution in [0.1, 0.15) is 5.56 Å². The van der Waals surface area contributed by atoms with Gasteiger partial charge in [-0.2, -0.15) is 0 Å². The lowest BCUT2D eigenvalue weighted by Crippen LogP contribution is -2.51. The Bertz CT molecular complexity index is 974. The minimum absolute atomic E-state index is 0. The molecule has 2 N–H and O–H groups in total. The number of anilines is 1. The zero-order chi connectivity index (χ0) is 20.8. The van der Waals surface area contributed by atoms with Crippen LogP contribution in [-0.2, 0) is 6.54 Å². The molecule has 0 unspecified atom stereocenters. The van der Waals surface area contributed by atoms with Crippen LogP contribution < -0.4 is 20.1 Å². The summed E-state index contributed by atoms with van der Waals surface area (Å²) in [6, 6.07) is 15.4. The number of rotatable bonds is 6. The first-order chi connectivity index (χ1) is 14.7. The quantitative estimate of drug-likeness (QED) is 0.281. The first-order valence-electron chi connectivity index (χ1n) is 9.82. The summed E-state index contributed by atoms with van der Waals surface area (Å²) in [6.07, 6.45) is 1.84. The number of methoxy groups -OCH3 is 1. The van der Waals surface area contributed by atoms with E-state index >= 15 is 0 Å². The second-order valence-corrected chi connectivity index (χ2v) is 7.73. The average molecular weight is 551 g/mol. The summed E-state index contributed by atoms with van der Waals surface area (Å²) >= 11 is 1.67. The Morgan fingerprint density at radius 3 is 2.42 bits per heavy atom. The van der Waals surface area contributed by atoms with E-state index in [0.717, 1.165) is 42.6 Å². The van der Waals surface area contributed by atoms with Gasteiger partial charge in [0.2, 0.25) is 0 Å². The maximum absolute atomic E-state index is 6.23. The molecule has 0 amide bonds. The molecular weight excluding hydrogens is 525 g/mol. The third-order valence-electron chi connectivity index (χ3n) is 4.94. The van der Waals surface area contributed by atoms with Crippen LogP contribution in [0.15, 0.2) is 65.1 Å². The highest BCUT2D eigenvalue weighted by Gasteiger charge is 2.19. The first kappa shape index (κ1) is 23.1. The third-order valence-corrected chi connectivity index (χ3v) is 5.77. The number of hydrogen-bond acceptors (Lipinski definition) is 6. The van der Waals surface area contributed by atoms with E-state index in [0.29, 0.717) is 24.0 Å². The molecule has 9 heteroatoms. The predicted molar refractivity (Wildman–Crippen MR) is 136 cm³/mol. The molecule has 1 aliphatic rings.